The predicted octanol–water partition coefficient (Wildman–Crippen LogP) is 4.87. The summed E-state index contributed by atoms with van der Waals surface area (Å²) in [4.78, 5) is 29.7. The largest absolute Gasteiger partial charge is 0.481 e. The average molecular weight is 438 g/mol. The number of anilines is 1. The van der Waals surface area contributed by atoms with E-state index < -0.39 is 5.97 Å². The summed E-state index contributed by atoms with van der Waals surface area (Å²) < 4.78 is 14.7. The van der Waals surface area contributed by atoms with Gasteiger partial charge in [0.1, 0.15) is 5.82 Å². The molecule has 0 saturated heterocycles. The molecular formula is C20H24FN3O3S2. The van der Waals surface area contributed by atoms with Gasteiger partial charge in [-0.25, -0.2) is 14.2 Å². The smallest absolute Gasteiger partial charge is 0.323 e. The first-order chi connectivity index (χ1) is 14.0. The molecule has 1 fully saturated rings. The summed E-state index contributed by atoms with van der Waals surface area (Å²) in [5.74, 6) is -1.20. The van der Waals surface area contributed by atoms with Gasteiger partial charge in [0, 0.05) is 12.6 Å². The highest BCUT2D eigenvalue weighted by Gasteiger charge is 2.26. The van der Waals surface area contributed by atoms with Crippen LogP contribution in [0.4, 0.5) is 14.3 Å². The number of thioether (sulfide) groups is 1. The number of carbonyl (C=O) groups is 2. The molecule has 0 bridgehead atoms. The number of thiazole rings is 1. The van der Waals surface area contributed by atoms with Crippen LogP contribution in [0.2, 0.25) is 0 Å². The number of urea groups is 1. The molecule has 1 aromatic carbocycles. The Morgan fingerprint density at radius 3 is 2.76 bits per heavy atom. The van der Waals surface area contributed by atoms with Crippen molar-refractivity contribution < 1.29 is 19.1 Å². The Hall–Kier alpha value is -2.13. The number of aliphatic carboxylic acids is 1. The zero-order chi connectivity index (χ0) is 20.6. The number of nitrogens with one attached hydrogen (secondary N) is 1. The molecular weight excluding hydrogens is 413 g/mol. The molecule has 6 nitrogen and oxygen atoms in total. The highest BCUT2D eigenvalue weighted by atomic mass is 32.2. The summed E-state index contributed by atoms with van der Waals surface area (Å²) in [6, 6.07) is 6.54. The van der Waals surface area contributed by atoms with Crippen molar-refractivity contribution in [2.45, 2.75) is 48.8 Å². The fourth-order valence-electron chi connectivity index (χ4n) is 3.46. The second kappa shape index (κ2) is 10.6. The Morgan fingerprint density at radius 1 is 1.28 bits per heavy atom. The van der Waals surface area contributed by atoms with Gasteiger partial charge >= 0.3 is 12.0 Å². The Morgan fingerprint density at radius 2 is 2.03 bits per heavy atom. The van der Waals surface area contributed by atoms with Crippen LogP contribution >= 0.6 is 23.1 Å². The Labute approximate surface area is 177 Å². The molecule has 9 heteroatoms. The quantitative estimate of drug-likeness (QED) is 0.576. The Balaban J connectivity index is 1.65. The van der Waals surface area contributed by atoms with E-state index in [9.17, 15) is 14.0 Å². The van der Waals surface area contributed by atoms with E-state index in [1.54, 1.807) is 29.3 Å². The van der Waals surface area contributed by atoms with E-state index in [-0.39, 0.29) is 23.6 Å². The predicted molar refractivity (Wildman–Crippen MR) is 113 cm³/mol. The number of carboxylic acid groups (broad SMARTS) is 1. The number of hydrogen-bond donors (Lipinski definition) is 2. The average Bonchev–Trinajstić information content (AvgIpc) is 3.16. The molecule has 0 atom stereocenters. The zero-order valence-electron chi connectivity index (χ0n) is 16.0. The van der Waals surface area contributed by atoms with Crippen molar-refractivity contribution in [2.75, 3.05) is 17.6 Å². The number of carbonyl (C=O) groups excluding carboxylic acids is 1. The van der Waals surface area contributed by atoms with Crippen molar-refractivity contribution in [1.29, 1.82) is 0 Å². The molecule has 2 amide bonds. The van der Waals surface area contributed by atoms with Crippen LogP contribution in [0, 0.1) is 5.82 Å². The van der Waals surface area contributed by atoms with E-state index in [4.69, 9.17) is 5.11 Å². The molecule has 0 radical (unpaired) electrons. The van der Waals surface area contributed by atoms with Crippen LogP contribution in [0.15, 0.2) is 34.7 Å². The summed E-state index contributed by atoms with van der Waals surface area (Å²) in [7, 11) is 0. The van der Waals surface area contributed by atoms with Crippen LogP contribution < -0.4 is 5.32 Å². The molecule has 1 aromatic heterocycles. The van der Waals surface area contributed by atoms with Crippen LogP contribution in [-0.4, -0.2) is 45.3 Å². The summed E-state index contributed by atoms with van der Waals surface area (Å²) in [6.45, 7) is 0.434. The second-order valence-electron chi connectivity index (χ2n) is 6.92. The molecule has 1 aliphatic carbocycles. The van der Waals surface area contributed by atoms with E-state index in [1.807, 2.05) is 0 Å². The van der Waals surface area contributed by atoms with Gasteiger partial charge in [0.05, 0.1) is 16.2 Å². The van der Waals surface area contributed by atoms with Crippen LogP contribution in [0.5, 0.6) is 0 Å². The van der Waals surface area contributed by atoms with E-state index in [2.05, 4.69) is 10.3 Å². The molecule has 1 heterocycles. The third-order valence-corrected chi connectivity index (χ3v) is 6.98. The minimum absolute atomic E-state index is 0.0492. The molecule has 0 aliphatic heterocycles. The SMILES string of the molecule is O=C(O)CSc1cnc(NC(=O)N(CCc2ccccc2F)C2CCCCC2)s1. The lowest BCUT2D eigenvalue weighted by atomic mass is 9.94. The molecule has 0 unspecified atom stereocenters. The third kappa shape index (κ3) is 6.43. The van der Waals surface area contributed by atoms with Gasteiger partial charge in [-0.05, 0) is 30.9 Å². The van der Waals surface area contributed by atoms with Gasteiger partial charge in [0.2, 0.25) is 0 Å². The highest BCUT2D eigenvalue weighted by molar-refractivity contribution is 8.01. The van der Waals surface area contributed by atoms with Crippen molar-refractivity contribution in [3.63, 3.8) is 0 Å². The van der Waals surface area contributed by atoms with E-state index in [0.717, 1.165) is 29.9 Å². The van der Waals surface area contributed by atoms with Crippen LogP contribution in [0.1, 0.15) is 37.7 Å². The topological polar surface area (TPSA) is 82.5 Å². The molecule has 156 valence electrons. The fraction of sp³-hybridized carbons (Fsp3) is 0.450. The molecule has 2 N–H and O–H groups in total. The van der Waals surface area contributed by atoms with Crippen molar-refractivity contribution >= 4 is 40.2 Å². The molecule has 1 aliphatic rings. The number of amides is 2. The third-order valence-electron chi connectivity index (χ3n) is 4.89. The maximum Gasteiger partial charge on any atom is 0.323 e. The van der Waals surface area contributed by atoms with Gasteiger partial charge < -0.3 is 10.0 Å². The molecule has 0 spiro atoms. The lowest BCUT2D eigenvalue weighted by Gasteiger charge is -2.34. The Kier molecular flexibility index (Phi) is 7.88. The first-order valence-electron chi connectivity index (χ1n) is 9.64. The minimum Gasteiger partial charge on any atom is -0.481 e. The number of carboxylic acids is 1. The fourth-order valence-corrected chi connectivity index (χ4v) is 5.05. The van der Waals surface area contributed by atoms with Crippen LogP contribution in [0.3, 0.4) is 0 Å². The second-order valence-corrected chi connectivity index (χ2v) is 9.23. The molecule has 2 aromatic rings. The maximum atomic E-state index is 14.0. The standard InChI is InChI=1S/C20H24FN3O3S2/c21-16-9-5-4-6-14(16)10-11-24(15-7-2-1-3-8-15)20(27)23-19-22-12-18(29-19)28-13-17(25)26/h4-6,9,12,15H,1-3,7-8,10-11,13H2,(H,25,26)(H,22,23,27). The summed E-state index contributed by atoms with van der Waals surface area (Å²) in [6.07, 6.45) is 7.26. The van der Waals surface area contributed by atoms with Gasteiger partial charge in [-0.1, -0.05) is 48.8 Å². The number of nitrogens with zero attached hydrogens (tertiary/aromatic N) is 2. The van der Waals surface area contributed by atoms with E-state index >= 15 is 0 Å². The van der Waals surface area contributed by atoms with Gasteiger partial charge in [-0.3, -0.25) is 10.1 Å². The number of benzene rings is 1. The molecule has 29 heavy (non-hydrogen) atoms. The van der Waals surface area contributed by atoms with Gasteiger partial charge in [0.25, 0.3) is 0 Å². The van der Waals surface area contributed by atoms with Crippen molar-refractivity contribution in [3.05, 3.63) is 41.8 Å². The number of rotatable bonds is 8. The first-order valence-corrected chi connectivity index (χ1v) is 11.4. The van der Waals surface area contributed by atoms with Gasteiger partial charge in [-0.15, -0.1) is 11.8 Å². The zero-order valence-corrected chi connectivity index (χ0v) is 17.6. The molecule has 1 saturated carbocycles. The van der Waals surface area contributed by atoms with Crippen molar-refractivity contribution in [3.8, 4) is 0 Å². The highest BCUT2D eigenvalue weighted by Crippen LogP contribution is 2.29. The summed E-state index contributed by atoms with van der Waals surface area (Å²) >= 11 is 2.43. The van der Waals surface area contributed by atoms with Crippen molar-refractivity contribution in [2.24, 2.45) is 0 Å². The lowest BCUT2D eigenvalue weighted by molar-refractivity contribution is -0.133. The van der Waals surface area contributed by atoms with Gasteiger partial charge in [0.15, 0.2) is 5.13 Å². The monoisotopic (exact) mass is 437 g/mol. The Bertz CT molecular complexity index is 840. The van der Waals surface area contributed by atoms with E-state index in [1.165, 1.54) is 35.6 Å². The number of aromatic nitrogens is 1. The maximum absolute atomic E-state index is 14.0. The number of hydrogen-bond acceptors (Lipinski definition) is 5. The normalized spacial score (nSPS) is 14.5. The van der Waals surface area contributed by atoms with E-state index in [0.29, 0.717) is 23.7 Å². The first kappa shape index (κ1) is 21.6. The van der Waals surface area contributed by atoms with Gasteiger partial charge in [-0.2, -0.15) is 0 Å². The van der Waals surface area contributed by atoms with Crippen molar-refractivity contribution in [1.82, 2.24) is 9.88 Å². The lowest BCUT2D eigenvalue weighted by Crippen LogP contribution is -2.45. The number of halogens is 1. The van der Waals surface area contributed by atoms with Crippen LogP contribution in [-0.2, 0) is 11.2 Å². The molecule has 3 rings (SSSR count). The van der Waals surface area contributed by atoms with Crippen LogP contribution in [0.25, 0.3) is 0 Å². The minimum atomic E-state index is -0.898. The summed E-state index contributed by atoms with van der Waals surface area (Å²) in [5.41, 5.74) is 0.600. The summed E-state index contributed by atoms with van der Waals surface area (Å²) in [5, 5.41) is 12.1.